The summed E-state index contributed by atoms with van der Waals surface area (Å²) in [5.41, 5.74) is 20.3. The molecule has 234 valence electrons. The number of nitrogens with zero attached hydrogens (tertiary/aromatic N) is 2. The lowest BCUT2D eigenvalue weighted by Crippen LogP contribution is -2.26. The van der Waals surface area contributed by atoms with Crippen LogP contribution < -0.4 is 21.7 Å². The quantitative estimate of drug-likeness (QED) is 0.185. The van der Waals surface area contributed by atoms with E-state index in [9.17, 15) is 0 Å². The molecule has 1 atom stereocenters. The van der Waals surface area contributed by atoms with Crippen molar-refractivity contribution in [3.05, 3.63) is 208 Å². The van der Waals surface area contributed by atoms with E-state index >= 15 is 0 Å². The van der Waals surface area contributed by atoms with E-state index in [4.69, 9.17) is 15.7 Å². The Hall–Kier alpha value is -6.46. The SMILES string of the molecule is Nc1ccc(/C2=C3\C=CC(=N3)/C(c3ccccc3)=c3/cc/c([nH]3)=C(\c3ccccc3)C3=N/C(=C(/c4ccccc4)C4CC=C2N4)C=C3)cc1. The van der Waals surface area contributed by atoms with E-state index in [1.165, 1.54) is 0 Å². The van der Waals surface area contributed by atoms with Gasteiger partial charge in [-0.2, -0.15) is 0 Å². The third-order valence-electron chi connectivity index (χ3n) is 9.46. The van der Waals surface area contributed by atoms with E-state index in [0.717, 1.165) is 95.9 Å². The Morgan fingerprint density at radius 3 is 1.61 bits per heavy atom. The second kappa shape index (κ2) is 12.0. The molecule has 5 heterocycles. The summed E-state index contributed by atoms with van der Waals surface area (Å²) in [6.07, 6.45) is 11.7. The number of fused-ring (bicyclic) bond motifs is 6. The Labute approximate surface area is 285 Å². The number of benzene rings is 4. The second-order valence-electron chi connectivity index (χ2n) is 12.5. The molecule has 4 aromatic carbocycles. The molecule has 5 nitrogen and oxygen atoms in total. The average Bonchev–Trinajstić information content (AvgIpc) is 3.98. The molecule has 4 aliphatic heterocycles. The van der Waals surface area contributed by atoms with Crippen molar-refractivity contribution in [3.63, 3.8) is 0 Å². The molecule has 1 unspecified atom stereocenters. The molecule has 0 fully saturated rings. The molecule has 0 aliphatic carbocycles. The summed E-state index contributed by atoms with van der Waals surface area (Å²) < 4.78 is 0. The van der Waals surface area contributed by atoms with Gasteiger partial charge in [0.15, 0.2) is 0 Å². The summed E-state index contributed by atoms with van der Waals surface area (Å²) in [6.45, 7) is 0. The predicted molar refractivity (Wildman–Crippen MR) is 202 cm³/mol. The van der Waals surface area contributed by atoms with Gasteiger partial charge in [0.25, 0.3) is 0 Å². The van der Waals surface area contributed by atoms with E-state index < -0.39 is 0 Å². The molecule has 5 aromatic rings. The summed E-state index contributed by atoms with van der Waals surface area (Å²) in [5.74, 6) is 0. The first-order valence-electron chi connectivity index (χ1n) is 16.7. The number of H-pyrrole nitrogens is 1. The zero-order valence-electron chi connectivity index (χ0n) is 26.8. The molecule has 0 amide bonds. The summed E-state index contributed by atoms with van der Waals surface area (Å²) in [5, 5.41) is 5.91. The zero-order chi connectivity index (χ0) is 32.7. The van der Waals surface area contributed by atoms with Crippen molar-refractivity contribution in [1.29, 1.82) is 0 Å². The van der Waals surface area contributed by atoms with E-state index in [2.05, 4.69) is 150 Å². The first-order valence-corrected chi connectivity index (χ1v) is 16.7. The summed E-state index contributed by atoms with van der Waals surface area (Å²) in [4.78, 5) is 14.6. The van der Waals surface area contributed by atoms with Crippen molar-refractivity contribution in [2.75, 3.05) is 5.73 Å². The molecular weight excluding hydrogens is 599 g/mol. The van der Waals surface area contributed by atoms with Crippen LogP contribution in [0.2, 0.25) is 0 Å². The summed E-state index contributed by atoms with van der Waals surface area (Å²) >= 11 is 0. The van der Waals surface area contributed by atoms with Gasteiger partial charge in [0.05, 0.1) is 28.9 Å². The molecule has 0 spiro atoms. The number of nitrogen functional groups attached to an aromatic ring is 1. The number of aromatic amines is 1. The first-order chi connectivity index (χ1) is 24.2. The third kappa shape index (κ3) is 5.22. The Balaban J connectivity index is 1.38. The van der Waals surface area contributed by atoms with Gasteiger partial charge in [-0.15, -0.1) is 0 Å². The van der Waals surface area contributed by atoms with Crippen molar-refractivity contribution in [1.82, 2.24) is 10.3 Å². The minimum Gasteiger partial charge on any atom is -0.399 e. The topological polar surface area (TPSA) is 78.6 Å². The number of nitrogens with one attached hydrogen (secondary N) is 2. The highest BCUT2D eigenvalue weighted by Crippen LogP contribution is 2.38. The highest BCUT2D eigenvalue weighted by Gasteiger charge is 2.29. The number of hydrogen-bond acceptors (Lipinski definition) is 4. The maximum absolute atomic E-state index is 6.15. The van der Waals surface area contributed by atoms with Crippen LogP contribution in [0.25, 0.3) is 22.3 Å². The van der Waals surface area contributed by atoms with Crippen molar-refractivity contribution in [2.24, 2.45) is 9.98 Å². The molecule has 8 bridgehead atoms. The van der Waals surface area contributed by atoms with Gasteiger partial charge in [0, 0.05) is 44.4 Å². The van der Waals surface area contributed by atoms with Gasteiger partial charge < -0.3 is 16.0 Å². The number of nitrogens with two attached hydrogens (primary N) is 1. The maximum Gasteiger partial charge on any atom is 0.0737 e. The lowest BCUT2D eigenvalue weighted by Gasteiger charge is -2.21. The molecule has 0 saturated carbocycles. The van der Waals surface area contributed by atoms with E-state index in [0.29, 0.717) is 0 Å². The van der Waals surface area contributed by atoms with E-state index in [1.54, 1.807) is 0 Å². The van der Waals surface area contributed by atoms with Crippen molar-refractivity contribution in [3.8, 4) is 0 Å². The molecule has 0 radical (unpaired) electrons. The van der Waals surface area contributed by atoms with Crippen LogP contribution in [0.1, 0.15) is 28.7 Å². The largest absolute Gasteiger partial charge is 0.399 e. The van der Waals surface area contributed by atoms with Gasteiger partial charge in [-0.3, -0.25) is 0 Å². The lowest BCUT2D eigenvalue weighted by atomic mass is 9.95. The molecule has 1 aromatic heterocycles. The Morgan fingerprint density at radius 1 is 0.510 bits per heavy atom. The van der Waals surface area contributed by atoms with E-state index in [-0.39, 0.29) is 6.04 Å². The molecule has 4 aliphatic rings. The Morgan fingerprint density at radius 2 is 1.02 bits per heavy atom. The fourth-order valence-corrected chi connectivity index (χ4v) is 7.21. The Kier molecular flexibility index (Phi) is 7.02. The molecule has 49 heavy (non-hydrogen) atoms. The molecule has 4 N–H and O–H groups in total. The van der Waals surface area contributed by atoms with Crippen LogP contribution in [-0.2, 0) is 0 Å². The smallest absolute Gasteiger partial charge is 0.0737 e. The van der Waals surface area contributed by atoms with Crippen LogP contribution >= 0.6 is 0 Å². The zero-order valence-corrected chi connectivity index (χ0v) is 26.8. The number of allylic oxidation sites excluding steroid dienone is 5. The van der Waals surface area contributed by atoms with Crippen LogP contribution in [0.4, 0.5) is 5.69 Å². The van der Waals surface area contributed by atoms with Gasteiger partial charge in [-0.25, -0.2) is 9.98 Å². The minimum atomic E-state index is 0.00924. The fourth-order valence-electron chi connectivity index (χ4n) is 7.21. The van der Waals surface area contributed by atoms with Crippen LogP contribution in [0.15, 0.2) is 185 Å². The minimum absolute atomic E-state index is 0.00924. The van der Waals surface area contributed by atoms with Gasteiger partial charge in [-0.1, -0.05) is 109 Å². The monoisotopic (exact) mass is 631 g/mol. The number of aliphatic imine (C=N–C) groups is 2. The standard InChI is InChI=1S/C44H33N5/c45-32-18-16-31(17-19-32)44-39-26-24-37(48-39)42(29-12-6-2-7-13-29)35-22-20-33(46-35)41(28-10-4-1-5-11-28)34-21-23-36(47-34)43(30-14-8-3-9-15-30)38-25-27-40(44)49-38/h1-24,26-27,38,46,49H,25,45H2/b41-33-,42-35-,43-36-,44-39-. The maximum atomic E-state index is 6.15. The summed E-state index contributed by atoms with van der Waals surface area (Å²) in [7, 11) is 0. The normalized spacial score (nSPS) is 23.3. The van der Waals surface area contributed by atoms with Crippen LogP contribution in [0.3, 0.4) is 0 Å². The number of anilines is 1. The second-order valence-corrected chi connectivity index (χ2v) is 12.5. The predicted octanol–water partition coefficient (Wildman–Crippen LogP) is 7.10. The van der Waals surface area contributed by atoms with Crippen molar-refractivity contribution >= 4 is 39.4 Å². The first kappa shape index (κ1) is 28.7. The highest BCUT2D eigenvalue weighted by atomic mass is 15.0. The molecular formula is C44H33N5. The van der Waals surface area contributed by atoms with Crippen molar-refractivity contribution in [2.45, 2.75) is 12.5 Å². The van der Waals surface area contributed by atoms with E-state index in [1.807, 2.05) is 18.2 Å². The summed E-state index contributed by atoms with van der Waals surface area (Å²) in [6, 6.07) is 44.0. The lowest BCUT2D eigenvalue weighted by molar-refractivity contribution is 0.759. The van der Waals surface area contributed by atoms with Gasteiger partial charge >= 0.3 is 0 Å². The van der Waals surface area contributed by atoms with Gasteiger partial charge in [-0.05, 0) is 77.2 Å². The fraction of sp³-hybridized carbons (Fsp3) is 0.0455. The Bertz CT molecular complexity index is 2450. The number of rotatable bonds is 4. The van der Waals surface area contributed by atoms with Crippen LogP contribution in [-0.4, -0.2) is 22.4 Å². The van der Waals surface area contributed by atoms with Crippen LogP contribution in [0, 0.1) is 0 Å². The average molecular weight is 632 g/mol. The van der Waals surface area contributed by atoms with Gasteiger partial charge in [0.2, 0.25) is 0 Å². The van der Waals surface area contributed by atoms with Crippen LogP contribution in [0.5, 0.6) is 0 Å². The number of hydrogen-bond donors (Lipinski definition) is 3. The van der Waals surface area contributed by atoms with Gasteiger partial charge in [0.1, 0.15) is 0 Å². The molecule has 9 rings (SSSR count). The molecule has 5 heteroatoms. The number of aromatic nitrogens is 1. The highest BCUT2D eigenvalue weighted by molar-refractivity contribution is 6.31. The van der Waals surface area contributed by atoms with Crippen molar-refractivity contribution < 1.29 is 0 Å². The molecule has 0 saturated heterocycles. The third-order valence-corrected chi connectivity index (χ3v) is 9.46.